The van der Waals surface area contributed by atoms with E-state index in [0.29, 0.717) is 27.9 Å². The van der Waals surface area contributed by atoms with E-state index in [1.807, 2.05) is 6.07 Å². The average Bonchev–Trinajstić information content (AvgIpc) is 3.75. The van der Waals surface area contributed by atoms with Gasteiger partial charge in [-0.05, 0) is 117 Å². The van der Waals surface area contributed by atoms with Gasteiger partial charge in [0.1, 0.15) is 15.8 Å². The Kier molecular flexibility index (Phi) is 12.4. The van der Waals surface area contributed by atoms with Crippen molar-refractivity contribution in [3.05, 3.63) is 116 Å². The number of hydrogen-bond donors (Lipinski definition) is 2. The molecule has 0 aliphatic carbocycles. The van der Waals surface area contributed by atoms with Crippen LogP contribution in [0.15, 0.2) is 76.6 Å². The second-order valence-electron chi connectivity index (χ2n) is 13.7. The first-order valence-corrected chi connectivity index (χ1v) is 19.2. The molecule has 15 nitrogen and oxygen atoms in total. The number of piperidine rings is 1. The largest absolute Gasteiger partial charge is 0.744 e. The molecule has 1 aliphatic rings. The molecule has 19 heteroatoms. The number of amides is 2. The third-order valence-electron chi connectivity index (χ3n) is 10.3. The molecule has 0 radical (unpaired) electrons. The second kappa shape index (κ2) is 16.7. The summed E-state index contributed by atoms with van der Waals surface area (Å²) in [5, 5.41) is 16.5. The van der Waals surface area contributed by atoms with Crippen LogP contribution in [0.25, 0.3) is 22.8 Å². The Morgan fingerprint density at radius 1 is 0.983 bits per heavy atom. The summed E-state index contributed by atoms with van der Waals surface area (Å²) in [5.41, 5.74) is 1.73. The standard InChI is InChI=1S/C39H38F3N7O7S.H3N/c1-23-24(2)28(20-34(25(23)3)57(53,54)55)15-19-56-38(52)46-17-13-30(14-18-46)45-36(50)48-35(33-12-16-44-49(33)31-10-8-27(22-43)9-11-31)26(4)47(37(48)51)32-7-5-6-29(21-32)39(40,41)42;/h5-12,16,20-21,30H,13-15,17-19H2,1-4H3,(H,45,50)(H,53,54,55);1H3. The first kappa shape index (κ1) is 42.9. The normalized spacial score (nSPS) is 13.5. The number of quaternary nitrogens is 1. The molecule has 0 unspecified atom stereocenters. The highest BCUT2D eigenvalue weighted by molar-refractivity contribution is 7.85. The van der Waals surface area contributed by atoms with Gasteiger partial charge in [0.15, 0.2) is 0 Å². The van der Waals surface area contributed by atoms with Gasteiger partial charge in [-0.2, -0.15) is 23.5 Å². The van der Waals surface area contributed by atoms with Crippen LogP contribution < -0.4 is 17.2 Å². The Balaban J connectivity index is 0.00000641. The fraction of sp³-hybridized carbons (Fsp3) is 0.308. The van der Waals surface area contributed by atoms with Crippen LogP contribution in [0.5, 0.6) is 0 Å². The molecular formula is C39H41F3N8O7S. The SMILES string of the molecule is Cc1c(CCOC(=O)N2CCC(NC(=O)n3c(-c4ccnn4-c4ccc(C#N)cc4)c(C)n(-c4cccc(C(F)(F)F)c4)c3=O)CC2)cc(S(=O)(=O)[O-])c(C)c1C.[NH4+]. The Hall–Kier alpha value is -6.23. The number of imidazole rings is 1. The van der Waals surface area contributed by atoms with Crippen LogP contribution in [-0.4, -0.2) is 74.6 Å². The number of nitrogens with zero attached hydrogens (tertiary/aromatic N) is 6. The highest BCUT2D eigenvalue weighted by atomic mass is 32.2. The molecule has 2 amide bonds. The minimum Gasteiger partial charge on any atom is -0.744 e. The molecule has 306 valence electrons. The van der Waals surface area contributed by atoms with Crippen molar-refractivity contribution in [3.63, 3.8) is 0 Å². The molecule has 2 aromatic heterocycles. The number of carbonyl (C=O) groups excluding carboxylic acids is 2. The van der Waals surface area contributed by atoms with Gasteiger partial charge in [-0.15, -0.1) is 0 Å². The van der Waals surface area contributed by atoms with E-state index in [1.54, 1.807) is 51.1 Å². The quantitative estimate of drug-likeness (QED) is 0.168. The fourth-order valence-electron chi connectivity index (χ4n) is 6.97. The van der Waals surface area contributed by atoms with Gasteiger partial charge in [0, 0.05) is 25.6 Å². The summed E-state index contributed by atoms with van der Waals surface area (Å²) in [4.78, 5) is 42.3. The smallest absolute Gasteiger partial charge is 0.416 e. The summed E-state index contributed by atoms with van der Waals surface area (Å²) in [6.45, 7) is 6.87. The van der Waals surface area contributed by atoms with E-state index in [0.717, 1.165) is 26.8 Å². The minimum absolute atomic E-state index is 0. The van der Waals surface area contributed by atoms with Crippen molar-refractivity contribution in [2.24, 2.45) is 0 Å². The van der Waals surface area contributed by atoms with Crippen molar-refractivity contribution in [1.29, 1.82) is 5.26 Å². The summed E-state index contributed by atoms with van der Waals surface area (Å²) in [5.74, 6) is 0. The van der Waals surface area contributed by atoms with E-state index in [-0.39, 0.29) is 72.8 Å². The van der Waals surface area contributed by atoms with E-state index in [9.17, 15) is 45.8 Å². The fourth-order valence-corrected chi connectivity index (χ4v) is 7.79. The van der Waals surface area contributed by atoms with Gasteiger partial charge >= 0.3 is 24.0 Å². The molecule has 0 saturated carbocycles. The van der Waals surface area contributed by atoms with Crippen molar-refractivity contribution in [3.8, 4) is 28.8 Å². The summed E-state index contributed by atoms with van der Waals surface area (Å²) < 4.78 is 85.3. The number of alkyl halides is 3. The van der Waals surface area contributed by atoms with Crippen molar-refractivity contribution >= 4 is 22.2 Å². The van der Waals surface area contributed by atoms with Crippen molar-refractivity contribution in [2.75, 3.05) is 19.7 Å². The molecule has 0 atom stereocenters. The summed E-state index contributed by atoms with van der Waals surface area (Å²) in [6, 6.07) is 14.1. The Morgan fingerprint density at radius 2 is 1.66 bits per heavy atom. The number of carbonyl (C=O) groups is 2. The van der Waals surface area contributed by atoms with E-state index in [1.165, 1.54) is 40.9 Å². The van der Waals surface area contributed by atoms with E-state index in [4.69, 9.17) is 4.74 Å². The average molecular weight is 823 g/mol. The maximum atomic E-state index is 14.2. The minimum atomic E-state index is -4.70. The number of ether oxygens (including phenoxy) is 1. The lowest BCUT2D eigenvalue weighted by atomic mass is 9.97. The van der Waals surface area contributed by atoms with Gasteiger partial charge in [-0.25, -0.2) is 32.1 Å². The molecular weight excluding hydrogens is 782 g/mol. The second-order valence-corrected chi connectivity index (χ2v) is 15.0. The van der Waals surface area contributed by atoms with E-state index >= 15 is 0 Å². The summed E-state index contributed by atoms with van der Waals surface area (Å²) in [6.07, 6.45) is -3.15. The predicted octanol–water partition coefficient (Wildman–Crippen LogP) is 6.30. The molecule has 3 aromatic carbocycles. The van der Waals surface area contributed by atoms with Crippen LogP contribution in [0.4, 0.5) is 22.8 Å². The number of rotatable bonds is 8. The monoisotopic (exact) mass is 822 g/mol. The van der Waals surface area contributed by atoms with Crippen molar-refractivity contribution < 1.29 is 40.5 Å². The van der Waals surface area contributed by atoms with Gasteiger partial charge in [0.05, 0.1) is 57.7 Å². The van der Waals surface area contributed by atoms with Gasteiger partial charge in [-0.3, -0.25) is 4.57 Å². The zero-order valence-electron chi connectivity index (χ0n) is 32.3. The van der Waals surface area contributed by atoms with Gasteiger partial charge in [0.25, 0.3) is 0 Å². The predicted molar refractivity (Wildman–Crippen MR) is 205 cm³/mol. The topological polar surface area (TPSA) is 221 Å². The Labute approximate surface area is 331 Å². The lowest BCUT2D eigenvalue weighted by Gasteiger charge is -2.31. The number of halogens is 3. The lowest BCUT2D eigenvalue weighted by Crippen LogP contribution is -2.49. The van der Waals surface area contributed by atoms with Crippen LogP contribution in [-0.2, 0) is 27.5 Å². The zero-order chi connectivity index (χ0) is 41.4. The third kappa shape index (κ3) is 8.54. The molecule has 1 fully saturated rings. The van der Waals surface area contributed by atoms with E-state index < -0.39 is 45.7 Å². The molecule has 5 N–H and O–H groups in total. The van der Waals surface area contributed by atoms with Crippen LogP contribution in [0.2, 0.25) is 0 Å². The molecule has 3 heterocycles. The van der Waals surface area contributed by atoms with Crippen LogP contribution in [0, 0.1) is 39.0 Å². The van der Waals surface area contributed by atoms with Crippen molar-refractivity contribution in [2.45, 2.75) is 64.1 Å². The van der Waals surface area contributed by atoms with Gasteiger partial charge < -0.3 is 25.7 Å². The first-order valence-electron chi connectivity index (χ1n) is 17.8. The summed E-state index contributed by atoms with van der Waals surface area (Å²) >= 11 is 0. The molecule has 58 heavy (non-hydrogen) atoms. The summed E-state index contributed by atoms with van der Waals surface area (Å²) in [7, 11) is -4.70. The molecule has 5 aromatic rings. The number of aromatic nitrogens is 4. The highest BCUT2D eigenvalue weighted by Crippen LogP contribution is 2.32. The van der Waals surface area contributed by atoms with Crippen LogP contribution >= 0.6 is 0 Å². The van der Waals surface area contributed by atoms with Gasteiger partial charge in [-0.1, -0.05) is 6.07 Å². The van der Waals surface area contributed by atoms with Gasteiger partial charge in [0.2, 0.25) is 0 Å². The molecule has 1 aliphatic heterocycles. The maximum absolute atomic E-state index is 14.2. The Morgan fingerprint density at radius 3 is 2.28 bits per heavy atom. The first-order chi connectivity index (χ1) is 26.9. The van der Waals surface area contributed by atoms with Crippen LogP contribution in [0.1, 0.15) is 51.9 Å². The van der Waals surface area contributed by atoms with Crippen molar-refractivity contribution in [1.82, 2.24) is 35.3 Å². The molecule has 1 saturated heterocycles. The molecule has 0 bridgehead atoms. The maximum Gasteiger partial charge on any atom is 0.416 e. The molecule has 6 rings (SSSR count). The van der Waals surface area contributed by atoms with Crippen LogP contribution in [0.3, 0.4) is 0 Å². The number of nitriles is 1. The number of benzene rings is 3. The lowest BCUT2D eigenvalue weighted by molar-refractivity contribution is -0.137. The molecule has 0 spiro atoms. The number of likely N-dealkylation sites (tertiary alicyclic amines) is 1. The highest BCUT2D eigenvalue weighted by Gasteiger charge is 2.33. The third-order valence-corrected chi connectivity index (χ3v) is 11.2. The van der Waals surface area contributed by atoms with E-state index in [2.05, 4.69) is 10.4 Å². The number of hydrogen-bond acceptors (Lipinski definition) is 9. The zero-order valence-corrected chi connectivity index (χ0v) is 33.1. The Bertz CT molecular complexity index is 2580. The number of nitrogens with one attached hydrogen (secondary N) is 1.